The maximum atomic E-state index is 4.82. The number of allylic oxidation sites excluding steroid dienone is 8. The molecule has 0 fully saturated rings. The lowest BCUT2D eigenvalue weighted by Crippen LogP contribution is -2.09. The van der Waals surface area contributed by atoms with Crippen LogP contribution >= 0.6 is 0 Å². The highest BCUT2D eigenvalue weighted by Crippen LogP contribution is 2.14. The van der Waals surface area contributed by atoms with Gasteiger partial charge in [-0.15, -0.1) is 0 Å². The van der Waals surface area contributed by atoms with Crippen LogP contribution in [0, 0.1) is 0 Å². The molecule has 0 aromatic carbocycles. The zero-order valence-electron chi connectivity index (χ0n) is 28.4. The van der Waals surface area contributed by atoms with Gasteiger partial charge in [0.15, 0.2) is 0 Å². The van der Waals surface area contributed by atoms with Crippen LogP contribution in [0.2, 0.25) is 0 Å². The maximum Gasteiger partial charge on any atom is 0.0380 e. The predicted octanol–water partition coefficient (Wildman–Crippen LogP) is 13.3. The summed E-state index contributed by atoms with van der Waals surface area (Å²) in [4.78, 5) is 0. The van der Waals surface area contributed by atoms with Crippen molar-refractivity contribution in [3.8, 4) is 0 Å². The maximum absolute atomic E-state index is 4.82. The van der Waals surface area contributed by atoms with E-state index < -0.39 is 0 Å². The minimum atomic E-state index is 1.11. The Morgan fingerprint density at radius 3 is 1.07 bits per heavy atom. The predicted molar refractivity (Wildman–Crippen MR) is 189 cm³/mol. The molecule has 0 radical (unpaired) electrons. The molecule has 0 rings (SSSR count). The minimum Gasteiger partial charge on any atom is -0.303 e. The van der Waals surface area contributed by atoms with Crippen molar-refractivity contribution in [2.45, 2.75) is 181 Å². The number of hydrazone groups is 1. The van der Waals surface area contributed by atoms with Crippen molar-refractivity contribution < 1.29 is 0 Å². The second-order valence-electron chi connectivity index (χ2n) is 12.2. The molecule has 0 aromatic heterocycles. The van der Waals surface area contributed by atoms with Crippen LogP contribution in [0.15, 0.2) is 53.7 Å². The number of hydrogen-bond acceptors (Lipinski definition) is 2. The zero-order valence-corrected chi connectivity index (χ0v) is 28.4. The Morgan fingerprint density at radius 1 is 0.415 bits per heavy atom. The Bertz CT molecular complexity index is 602. The monoisotopic (exact) mass is 569 g/mol. The first-order valence-electron chi connectivity index (χ1n) is 18.0. The molecule has 0 aromatic rings. The van der Waals surface area contributed by atoms with E-state index in [0.717, 1.165) is 12.8 Å². The van der Waals surface area contributed by atoms with Crippen LogP contribution in [-0.4, -0.2) is 24.8 Å². The van der Waals surface area contributed by atoms with Gasteiger partial charge in [-0.25, -0.2) is 0 Å². The summed E-state index contributed by atoms with van der Waals surface area (Å²) in [6, 6.07) is 0. The number of unbranched alkanes of at least 4 members (excludes halogenated alkanes) is 18. The molecule has 0 amide bonds. The zero-order chi connectivity index (χ0) is 29.9. The van der Waals surface area contributed by atoms with Gasteiger partial charge < -0.3 is 5.01 Å². The lowest BCUT2D eigenvalue weighted by molar-refractivity contribution is 0.433. The van der Waals surface area contributed by atoms with E-state index in [2.05, 4.69) is 76.6 Å². The van der Waals surface area contributed by atoms with Crippen LogP contribution in [0.3, 0.4) is 0 Å². The largest absolute Gasteiger partial charge is 0.303 e. The SMILES string of the molecule is CCCCCC=CCC=CCCCCCCCCC(CCCCCCCCC=CCC=CCCCCC)=NN(C)C. The van der Waals surface area contributed by atoms with Crippen LogP contribution in [-0.2, 0) is 0 Å². The van der Waals surface area contributed by atoms with Crippen molar-refractivity contribution in [1.29, 1.82) is 0 Å². The van der Waals surface area contributed by atoms with Crippen LogP contribution in [0.4, 0.5) is 0 Å². The normalized spacial score (nSPS) is 12.1. The summed E-state index contributed by atoms with van der Waals surface area (Å²) in [5, 5.41) is 6.82. The van der Waals surface area contributed by atoms with Crippen LogP contribution < -0.4 is 0 Å². The summed E-state index contributed by atoms with van der Waals surface area (Å²) in [6.45, 7) is 4.54. The van der Waals surface area contributed by atoms with Crippen molar-refractivity contribution in [2.75, 3.05) is 14.1 Å². The molecule has 0 saturated carbocycles. The summed E-state index contributed by atoms with van der Waals surface area (Å²) >= 11 is 0. The van der Waals surface area contributed by atoms with Gasteiger partial charge in [0.25, 0.3) is 0 Å². The number of rotatable bonds is 31. The fourth-order valence-electron chi connectivity index (χ4n) is 5.14. The van der Waals surface area contributed by atoms with Crippen molar-refractivity contribution >= 4 is 5.71 Å². The quantitative estimate of drug-likeness (QED) is 0.0351. The van der Waals surface area contributed by atoms with Gasteiger partial charge in [-0.05, 0) is 89.9 Å². The van der Waals surface area contributed by atoms with Gasteiger partial charge in [0.2, 0.25) is 0 Å². The molecule has 0 N–H and O–H groups in total. The first-order chi connectivity index (χ1) is 20.2. The number of nitrogens with zero attached hydrogens (tertiary/aromatic N) is 2. The third kappa shape index (κ3) is 34.5. The van der Waals surface area contributed by atoms with Crippen molar-refractivity contribution in [3.63, 3.8) is 0 Å². The van der Waals surface area contributed by atoms with Crippen molar-refractivity contribution in [2.24, 2.45) is 5.10 Å². The Hall–Kier alpha value is -1.57. The van der Waals surface area contributed by atoms with E-state index in [0.29, 0.717) is 0 Å². The van der Waals surface area contributed by atoms with Crippen molar-refractivity contribution in [3.05, 3.63) is 48.6 Å². The summed E-state index contributed by atoms with van der Waals surface area (Å²) < 4.78 is 0. The molecule has 0 spiro atoms. The fraction of sp³-hybridized carbons (Fsp3) is 0.769. The Balaban J connectivity index is 3.65. The van der Waals surface area contributed by atoms with E-state index in [9.17, 15) is 0 Å². The van der Waals surface area contributed by atoms with Gasteiger partial charge in [-0.3, -0.25) is 0 Å². The lowest BCUT2D eigenvalue weighted by Gasteiger charge is -2.11. The molecule has 41 heavy (non-hydrogen) atoms. The lowest BCUT2D eigenvalue weighted by atomic mass is 10.0. The summed E-state index contributed by atoms with van der Waals surface area (Å²) in [5.74, 6) is 0. The van der Waals surface area contributed by atoms with Gasteiger partial charge in [-0.1, -0.05) is 140 Å². The molecule has 0 saturated heterocycles. The van der Waals surface area contributed by atoms with E-state index in [1.807, 2.05) is 5.01 Å². The summed E-state index contributed by atoms with van der Waals surface area (Å²) in [6.07, 6.45) is 52.8. The summed E-state index contributed by atoms with van der Waals surface area (Å²) in [7, 11) is 4.13. The molecular weight excluding hydrogens is 496 g/mol. The van der Waals surface area contributed by atoms with E-state index in [1.165, 1.54) is 160 Å². The fourth-order valence-corrected chi connectivity index (χ4v) is 5.14. The van der Waals surface area contributed by atoms with Gasteiger partial charge >= 0.3 is 0 Å². The smallest absolute Gasteiger partial charge is 0.0380 e. The molecular formula is C39H72N2. The van der Waals surface area contributed by atoms with Gasteiger partial charge in [0.05, 0.1) is 0 Å². The standard InChI is InChI=1S/C39H72N2/c1-5-7-9-11-13-15-17-19-21-23-25-27-29-31-33-35-37-39(40-41(3)4)38-36-34-32-30-28-26-24-22-20-18-16-14-12-10-8-6-2/h13-16,19-22H,5-12,17-18,23-38H2,1-4H3. The highest BCUT2D eigenvalue weighted by molar-refractivity contribution is 5.84. The number of hydrogen-bond donors (Lipinski definition) is 0. The van der Waals surface area contributed by atoms with Crippen molar-refractivity contribution in [1.82, 2.24) is 5.01 Å². The van der Waals surface area contributed by atoms with Crippen LogP contribution in [0.25, 0.3) is 0 Å². The van der Waals surface area contributed by atoms with E-state index in [4.69, 9.17) is 5.10 Å². The first-order valence-corrected chi connectivity index (χ1v) is 18.0. The topological polar surface area (TPSA) is 15.6 Å². The Morgan fingerprint density at radius 2 is 0.732 bits per heavy atom. The average Bonchev–Trinajstić information content (AvgIpc) is 2.96. The minimum absolute atomic E-state index is 1.11. The molecule has 0 aliphatic heterocycles. The van der Waals surface area contributed by atoms with E-state index in [1.54, 1.807) is 0 Å². The molecule has 0 bridgehead atoms. The molecule has 238 valence electrons. The highest BCUT2D eigenvalue weighted by Gasteiger charge is 2.02. The third-order valence-electron chi connectivity index (χ3n) is 7.67. The molecule has 0 atom stereocenters. The van der Waals surface area contributed by atoms with Gasteiger partial charge in [0, 0.05) is 19.8 Å². The van der Waals surface area contributed by atoms with E-state index >= 15 is 0 Å². The molecule has 0 aliphatic carbocycles. The Labute approximate surface area is 258 Å². The van der Waals surface area contributed by atoms with Crippen LogP contribution in [0.5, 0.6) is 0 Å². The third-order valence-corrected chi connectivity index (χ3v) is 7.67. The molecule has 0 aliphatic rings. The molecule has 2 heteroatoms. The Kier molecular flexibility index (Phi) is 33.3. The van der Waals surface area contributed by atoms with Gasteiger partial charge in [0.1, 0.15) is 0 Å². The van der Waals surface area contributed by atoms with E-state index in [-0.39, 0.29) is 0 Å². The molecule has 2 nitrogen and oxygen atoms in total. The second kappa shape index (κ2) is 34.6. The molecule has 0 unspecified atom stereocenters. The summed E-state index contributed by atoms with van der Waals surface area (Å²) in [5.41, 5.74) is 1.42. The molecule has 0 heterocycles. The second-order valence-corrected chi connectivity index (χ2v) is 12.2. The van der Waals surface area contributed by atoms with Gasteiger partial charge in [-0.2, -0.15) is 5.10 Å². The first kappa shape index (κ1) is 39.4. The van der Waals surface area contributed by atoms with Crippen LogP contribution in [0.1, 0.15) is 181 Å². The average molecular weight is 569 g/mol. The highest BCUT2D eigenvalue weighted by atomic mass is 15.4.